The lowest BCUT2D eigenvalue weighted by atomic mass is 10.1. The van der Waals surface area contributed by atoms with Crippen LogP contribution in [0.3, 0.4) is 0 Å². The minimum atomic E-state index is 0.0163. The second-order valence-corrected chi connectivity index (χ2v) is 9.26. The molecular formula is C23H27N3O2S2. The number of unbranched alkanes of at least 4 members (excludes halogenated alkanes) is 3. The number of para-hydroxylation sites is 1. The average molecular weight is 442 g/mol. The van der Waals surface area contributed by atoms with E-state index in [2.05, 4.69) is 24.0 Å². The molecule has 2 aliphatic rings. The summed E-state index contributed by atoms with van der Waals surface area (Å²) < 4.78 is 6.17. The number of rotatable bonds is 7. The summed E-state index contributed by atoms with van der Waals surface area (Å²) in [6, 6.07) is 10.2. The number of carbonyl (C=O) groups is 1. The standard InChI is InChI=1S/C23H27N3O2S2/c1-2-3-4-7-10-26-22(27)20(30-23(26)29)16-18-15-17-8-5-6-9-19(17)24-21(18)25-11-13-28-14-12-25/h5-6,8-9,15-16H,2-4,7,10-14H2,1H3/b20-16-. The molecule has 1 amide bonds. The quantitative estimate of drug-likeness (QED) is 0.348. The SMILES string of the molecule is CCCCCCN1C(=O)/C(=C/c2cc3ccccc3nc2N2CCOCC2)SC1=S. The number of amides is 1. The second-order valence-electron chi connectivity index (χ2n) is 7.59. The molecule has 3 heterocycles. The fraction of sp³-hybridized carbons (Fsp3) is 0.435. The van der Waals surface area contributed by atoms with E-state index in [1.54, 1.807) is 4.90 Å². The predicted molar refractivity (Wildman–Crippen MR) is 129 cm³/mol. The van der Waals surface area contributed by atoms with Gasteiger partial charge in [-0.15, -0.1) is 0 Å². The first-order valence-electron chi connectivity index (χ1n) is 10.6. The van der Waals surface area contributed by atoms with Gasteiger partial charge in [0.2, 0.25) is 0 Å². The van der Waals surface area contributed by atoms with Crippen LogP contribution in [0.4, 0.5) is 5.82 Å². The lowest BCUT2D eigenvalue weighted by Crippen LogP contribution is -2.37. The highest BCUT2D eigenvalue weighted by atomic mass is 32.2. The zero-order valence-corrected chi connectivity index (χ0v) is 18.9. The minimum Gasteiger partial charge on any atom is -0.378 e. The van der Waals surface area contributed by atoms with Gasteiger partial charge in [0, 0.05) is 30.6 Å². The molecule has 0 unspecified atom stereocenters. The summed E-state index contributed by atoms with van der Waals surface area (Å²) in [5.74, 6) is 0.924. The first-order chi connectivity index (χ1) is 14.7. The van der Waals surface area contributed by atoms with Gasteiger partial charge in [0.1, 0.15) is 10.1 Å². The third-order valence-corrected chi connectivity index (χ3v) is 6.82. The van der Waals surface area contributed by atoms with Crippen LogP contribution in [0.25, 0.3) is 17.0 Å². The van der Waals surface area contributed by atoms with Crippen LogP contribution in [-0.4, -0.2) is 53.0 Å². The van der Waals surface area contributed by atoms with E-state index in [0.717, 1.165) is 48.2 Å². The molecule has 2 fully saturated rings. The summed E-state index contributed by atoms with van der Waals surface area (Å²) in [6.07, 6.45) is 6.45. The smallest absolute Gasteiger partial charge is 0.266 e. The Morgan fingerprint density at radius 2 is 2.00 bits per heavy atom. The van der Waals surface area contributed by atoms with Crippen LogP contribution in [0.1, 0.15) is 38.2 Å². The topological polar surface area (TPSA) is 45.7 Å². The Hall–Kier alpha value is -1.96. The Morgan fingerprint density at radius 1 is 1.20 bits per heavy atom. The van der Waals surface area contributed by atoms with Crippen molar-refractivity contribution >= 4 is 57.0 Å². The molecule has 0 spiro atoms. The summed E-state index contributed by atoms with van der Waals surface area (Å²) >= 11 is 6.91. The van der Waals surface area contributed by atoms with Gasteiger partial charge < -0.3 is 9.64 Å². The number of nitrogens with zero attached hydrogens (tertiary/aromatic N) is 3. The van der Waals surface area contributed by atoms with E-state index in [4.69, 9.17) is 21.9 Å². The number of fused-ring (bicyclic) bond motifs is 1. The van der Waals surface area contributed by atoms with Crippen LogP contribution in [0.15, 0.2) is 35.2 Å². The number of morpholine rings is 1. The van der Waals surface area contributed by atoms with E-state index in [1.165, 1.54) is 24.6 Å². The normalized spacial score (nSPS) is 18.8. The maximum Gasteiger partial charge on any atom is 0.266 e. The Bertz CT molecular complexity index is 970. The number of thioether (sulfide) groups is 1. The minimum absolute atomic E-state index is 0.0163. The molecule has 0 radical (unpaired) electrons. The molecule has 1 aromatic carbocycles. The van der Waals surface area contributed by atoms with Gasteiger partial charge in [0.25, 0.3) is 5.91 Å². The Labute approximate surface area is 187 Å². The molecule has 2 saturated heterocycles. The number of hydrogen-bond acceptors (Lipinski definition) is 6. The van der Waals surface area contributed by atoms with Crippen LogP contribution >= 0.6 is 24.0 Å². The molecule has 5 nitrogen and oxygen atoms in total. The van der Waals surface area contributed by atoms with E-state index < -0.39 is 0 Å². The van der Waals surface area contributed by atoms with Crippen LogP contribution in [0, 0.1) is 0 Å². The number of pyridine rings is 1. The number of hydrogen-bond donors (Lipinski definition) is 0. The summed E-state index contributed by atoms with van der Waals surface area (Å²) in [6.45, 7) is 5.86. The van der Waals surface area contributed by atoms with Crippen LogP contribution in [0.2, 0.25) is 0 Å². The second kappa shape index (κ2) is 9.90. The van der Waals surface area contributed by atoms with Gasteiger partial charge in [-0.25, -0.2) is 4.98 Å². The number of carbonyl (C=O) groups excluding carboxylic acids is 1. The van der Waals surface area contributed by atoms with Crippen LogP contribution < -0.4 is 4.90 Å². The van der Waals surface area contributed by atoms with Gasteiger partial charge in [0.15, 0.2) is 0 Å². The van der Waals surface area contributed by atoms with Gasteiger partial charge in [-0.1, -0.05) is 68.4 Å². The highest BCUT2D eigenvalue weighted by Gasteiger charge is 2.32. The molecule has 4 rings (SSSR count). The first kappa shape index (κ1) is 21.3. The monoisotopic (exact) mass is 441 g/mol. The zero-order valence-electron chi connectivity index (χ0n) is 17.3. The van der Waals surface area contributed by atoms with Gasteiger partial charge in [-0.3, -0.25) is 9.69 Å². The summed E-state index contributed by atoms with van der Waals surface area (Å²) in [5.41, 5.74) is 1.92. The average Bonchev–Trinajstić information content (AvgIpc) is 3.04. The first-order valence-corrected chi connectivity index (χ1v) is 11.9. The molecule has 1 aromatic heterocycles. The van der Waals surface area contributed by atoms with Crippen molar-refractivity contribution in [2.75, 3.05) is 37.7 Å². The van der Waals surface area contributed by atoms with Crippen molar-refractivity contribution in [3.63, 3.8) is 0 Å². The molecule has 0 saturated carbocycles. The Kier molecular flexibility index (Phi) is 7.02. The van der Waals surface area contributed by atoms with Gasteiger partial charge in [0.05, 0.1) is 23.6 Å². The van der Waals surface area contributed by atoms with Crippen LogP contribution in [0.5, 0.6) is 0 Å². The zero-order chi connectivity index (χ0) is 20.9. The molecular weight excluding hydrogens is 414 g/mol. The number of benzene rings is 1. The summed E-state index contributed by atoms with van der Waals surface area (Å²) in [4.78, 5) is 22.6. The molecule has 0 atom stereocenters. The van der Waals surface area contributed by atoms with Crippen molar-refractivity contribution in [2.24, 2.45) is 0 Å². The van der Waals surface area contributed by atoms with Gasteiger partial charge in [-0.05, 0) is 24.6 Å². The number of ether oxygens (including phenoxy) is 1. The van der Waals surface area contributed by atoms with Crippen molar-refractivity contribution in [3.8, 4) is 0 Å². The molecule has 0 N–H and O–H groups in total. The largest absolute Gasteiger partial charge is 0.378 e. The fourth-order valence-corrected chi connectivity index (χ4v) is 5.09. The van der Waals surface area contributed by atoms with E-state index in [-0.39, 0.29) is 5.91 Å². The fourth-order valence-electron chi connectivity index (χ4n) is 3.79. The summed E-state index contributed by atoms with van der Waals surface area (Å²) in [7, 11) is 0. The highest BCUT2D eigenvalue weighted by molar-refractivity contribution is 8.26. The van der Waals surface area contributed by atoms with E-state index in [0.29, 0.717) is 29.0 Å². The predicted octanol–water partition coefficient (Wildman–Crippen LogP) is 4.85. The lowest BCUT2D eigenvalue weighted by Gasteiger charge is -2.29. The van der Waals surface area contributed by atoms with Gasteiger partial charge in [-0.2, -0.15) is 0 Å². The van der Waals surface area contributed by atoms with Crippen molar-refractivity contribution in [2.45, 2.75) is 32.6 Å². The third kappa shape index (κ3) is 4.68. The van der Waals surface area contributed by atoms with E-state index in [1.807, 2.05) is 24.3 Å². The molecule has 7 heteroatoms. The molecule has 0 bridgehead atoms. The Balaban J connectivity index is 1.64. The third-order valence-electron chi connectivity index (χ3n) is 5.44. The maximum absolute atomic E-state index is 13.0. The molecule has 30 heavy (non-hydrogen) atoms. The molecule has 2 aliphatic heterocycles. The van der Waals surface area contributed by atoms with E-state index in [9.17, 15) is 4.79 Å². The van der Waals surface area contributed by atoms with Crippen molar-refractivity contribution in [1.82, 2.24) is 9.88 Å². The molecule has 158 valence electrons. The summed E-state index contributed by atoms with van der Waals surface area (Å²) in [5, 5.41) is 1.07. The lowest BCUT2D eigenvalue weighted by molar-refractivity contribution is -0.122. The molecule has 0 aliphatic carbocycles. The Morgan fingerprint density at radius 3 is 2.80 bits per heavy atom. The van der Waals surface area contributed by atoms with Crippen molar-refractivity contribution in [3.05, 3.63) is 40.8 Å². The van der Waals surface area contributed by atoms with Crippen molar-refractivity contribution in [1.29, 1.82) is 0 Å². The van der Waals surface area contributed by atoms with Crippen LogP contribution in [-0.2, 0) is 9.53 Å². The number of thiocarbonyl (C=S) groups is 1. The number of aromatic nitrogens is 1. The maximum atomic E-state index is 13.0. The van der Waals surface area contributed by atoms with Gasteiger partial charge >= 0.3 is 0 Å². The number of anilines is 1. The van der Waals surface area contributed by atoms with Crippen molar-refractivity contribution < 1.29 is 9.53 Å². The highest BCUT2D eigenvalue weighted by Crippen LogP contribution is 2.35. The molecule has 2 aromatic rings. The van der Waals surface area contributed by atoms with E-state index >= 15 is 0 Å².